The second-order valence-electron chi connectivity index (χ2n) is 3.05. The fraction of sp³-hybridized carbons (Fsp3) is 0.400. The summed E-state index contributed by atoms with van der Waals surface area (Å²) >= 11 is 0. The fourth-order valence-electron chi connectivity index (χ4n) is 1.43. The standard InChI is InChI=1S/C10H11O.Rh/c1-7-3-4-9-5-11-6-10(9)8(7)2;/h3H,5-6H2,1-2H3;/q-1;. The van der Waals surface area contributed by atoms with Gasteiger partial charge in [-0.05, 0) is 0 Å². The van der Waals surface area contributed by atoms with Crippen molar-refractivity contribution in [1.29, 1.82) is 0 Å². The summed E-state index contributed by atoms with van der Waals surface area (Å²) in [5.74, 6) is 0. The van der Waals surface area contributed by atoms with E-state index in [4.69, 9.17) is 4.74 Å². The molecule has 0 aromatic heterocycles. The molecule has 0 atom stereocenters. The predicted molar refractivity (Wildman–Crippen MR) is 43.2 cm³/mol. The van der Waals surface area contributed by atoms with Gasteiger partial charge in [0.2, 0.25) is 0 Å². The third-order valence-electron chi connectivity index (χ3n) is 2.36. The molecule has 1 radical (unpaired) electrons. The SMILES string of the molecule is Cc1c[c-]c2c(c1C)COC2.[Rh]. The summed E-state index contributed by atoms with van der Waals surface area (Å²) in [7, 11) is 0. The Morgan fingerprint density at radius 3 is 2.83 bits per heavy atom. The maximum Gasteiger partial charge on any atom is 0.0486 e. The average molecular weight is 250 g/mol. The van der Waals surface area contributed by atoms with Crippen LogP contribution in [0.2, 0.25) is 0 Å². The molecule has 2 rings (SSSR count). The Labute approximate surface area is 85.9 Å². The molecule has 1 aromatic carbocycles. The van der Waals surface area contributed by atoms with Crippen molar-refractivity contribution < 1.29 is 24.2 Å². The molecule has 0 aliphatic carbocycles. The van der Waals surface area contributed by atoms with E-state index in [1.807, 2.05) is 6.07 Å². The molecule has 1 nitrogen and oxygen atoms in total. The van der Waals surface area contributed by atoms with Crippen molar-refractivity contribution in [3.8, 4) is 0 Å². The molecule has 1 heterocycles. The Balaban J connectivity index is 0.000000720. The van der Waals surface area contributed by atoms with Gasteiger partial charge in [-0.15, -0.1) is 11.1 Å². The van der Waals surface area contributed by atoms with Crippen molar-refractivity contribution in [1.82, 2.24) is 0 Å². The maximum atomic E-state index is 5.32. The Kier molecular flexibility index (Phi) is 3.03. The predicted octanol–water partition coefficient (Wildman–Crippen LogP) is 2.13. The van der Waals surface area contributed by atoms with Crippen molar-refractivity contribution in [3.63, 3.8) is 0 Å². The molecule has 0 unspecified atom stereocenters. The first kappa shape index (κ1) is 9.89. The molecule has 0 bridgehead atoms. The molecular weight excluding hydrogens is 239 g/mol. The number of benzene rings is 1. The average Bonchev–Trinajstić information content (AvgIpc) is 2.45. The van der Waals surface area contributed by atoms with Crippen LogP contribution in [-0.4, -0.2) is 0 Å². The Bertz CT molecular complexity index is 294. The summed E-state index contributed by atoms with van der Waals surface area (Å²) in [4.78, 5) is 0. The van der Waals surface area contributed by atoms with Gasteiger partial charge in [-0.1, -0.05) is 13.8 Å². The molecule has 0 fully saturated rings. The number of aryl methyl sites for hydroxylation is 1. The Morgan fingerprint density at radius 2 is 2.08 bits per heavy atom. The van der Waals surface area contributed by atoms with E-state index in [9.17, 15) is 0 Å². The molecule has 0 spiro atoms. The van der Waals surface area contributed by atoms with Gasteiger partial charge >= 0.3 is 0 Å². The summed E-state index contributed by atoms with van der Waals surface area (Å²) in [6, 6.07) is 5.28. The minimum absolute atomic E-state index is 0. The molecular formula is C10H11ORh-. The van der Waals surface area contributed by atoms with Gasteiger partial charge in [0, 0.05) is 32.7 Å². The van der Waals surface area contributed by atoms with E-state index in [-0.39, 0.29) is 19.5 Å². The van der Waals surface area contributed by atoms with Crippen LogP contribution in [0.5, 0.6) is 0 Å². The zero-order valence-electron chi connectivity index (χ0n) is 7.23. The summed E-state index contributed by atoms with van der Waals surface area (Å²) in [5, 5.41) is 0. The summed E-state index contributed by atoms with van der Waals surface area (Å²) in [6.45, 7) is 5.79. The van der Waals surface area contributed by atoms with Crippen molar-refractivity contribution in [2.45, 2.75) is 27.1 Å². The van der Waals surface area contributed by atoms with E-state index in [0.717, 1.165) is 13.2 Å². The van der Waals surface area contributed by atoms with Crippen LogP contribution in [0.1, 0.15) is 22.3 Å². The molecule has 1 aromatic rings. The van der Waals surface area contributed by atoms with Gasteiger partial charge < -0.3 is 4.74 Å². The van der Waals surface area contributed by atoms with Gasteiger partial charge in [-0.2, -0.15) is 23.3 Å². The Morgan fingerprint density at radius 1 is 1.33 bits per heavy atom. The van der Waals surface area contributed by atoms with Crippen LogP contribution >= 0.6 is 0 Å². The second-order valence-corrected chi connectivity index (χ2v) is 3.05. The first-order valence-corrected chi connectivity index (χ1v) is 3.86. The molecule has 12 heavy (non-hydrogen) atoms. The van der Waals surface area contributed by atoms with Crippen molar-refractivity contribution in [2.24, 2.45) is 0 Å². The van der Waals surface area contributed by atoms with Gasteiger partial charge in [-0.25, -0.2) is 0 Å². The minimum Gasteiger partial charge on any atom is -0.386 e. The maximum absolute atomic E-state index is 5.32. The smallest absolute Gasteiger partial charge is 0.0486 e. The van der Waals surface area contributed by atoms with E-state index < -0.39 is 0 Å². The fourth-order valence-corrected chi connectivity index (χ4v) is 1.43. The minimum atomic E-state index is 0. The van der Waals surface area contributed by atoms with E-state index in [2.05, 4.69) is 19.9 Å². The van der Waals surface area contributed by atoms with Crippen LogP contribution in [-0.2, 0) is 37.4 Å². The van der Waals surface area contributed by atoms with E-state index in [1.165, 1.54) is 22.3 Å². The van der Waals surface area contributed by atoms with Crippen LogP contribution in [0.4, 0.5) is 0 Å². The van der Waals surface area contributed by atoms with Gasteiger partial charge in [-0.3, -0.25) is 0 Å². The van der Waals surface area contributed by atoms with Gasteiger partial charge in [0.1, 0.15) is 0 Å². The molecule has 1 aliphatic heterocycles. The Hall–Kier alpha value is -0.197. The van der Waals surface area contributed by atoms with Gasteiger partial charge in [0.25, 0.3) is 0 Å². The third kappa shape index (κ3) is 1.46. The summed E-state index contributed by atoms with van der Waals surface area (Å²) in [6.07, 6.45) is 0. The van der Waals surface area contributed by atoms with Crippen LogP contribution in [0.3, 0.4) is 0 Å². The van der Waals surface area contributed by atoms with E-state index >= 15 is 0 Å². The third-order valence-corrected chi connectivity index (χ3v) is 2.36. The summed E-state index contributed by atoms with van der Waals surface area (Å²) < 4.78 is 5.32. The van der Waals surface area contributed by atoms with Gasteiger partial charge in [0.15, 0.2) is 0 Å². The zero-order valence-corrected chi connectivity index (χ0v) is 8.87. The molecule has 0 saturated carbocycles. The van der Waals surface area contributed by atoms with Crippen molar-refractivity contribution in [3.05, 3.63) is 34.4 Å². The molecule has 67 valence electrons. The first-order chi connectivity index (χ1) is 5.29. The molecule has 0 saturated heterocycles. The normalized spacial score (nSPS) is 13.8. The first-order valence-electron chi connectivity index (χ1n) is 3.86. The molecule has 1 aliphatic rings. The van der Waals surface area contributed by atoms with Crippen LogP contribution < -0.4 is 0 Å². The quantitative estimate of drug-likeness (QED) is 0.506. The zero-order chi connectivity index (χ0) is 7.84. The van der Waals surface area contributed by atoms with Crippen molar-refractivity contribution >= 4 is 0 Å². The van der Waals surface area contributed by atoms with E-state index in [1.54, 1.807) is 0 Å². The van der Waals surface area contributed by atoms with Crippen LogP contribution in [0.15, 0.2) is 6.07 Å². The second kappa shape index (κ2) is 3.68. The number of fused-ring (bicyclic) bond motifs is 1. The molecule has 2 heteroatoms. The topological polar surface area (TPSA) is 9.23 Å². The van der Waals surface area contributed by atoms with E-state index in [0.29, 0.717) is 0 Å². The number of rotatable bonds is 0. The molecule has 0 N–H and O–H groups in total. The van der Waals surface area contributed by atoms with Gasteiger partial charge in [0.05, 0.1) is 0 Å². The molecule has 0 amide bonds. The van der Waals surface area contributed by atoms with Crippen LogP contribution in [0.25, 0.3) is 0 Å². The number of ether oxygens (including phenoxy) is 1. The summed E-state index contributed by atoms with van der Waals surface area (Å²) in [5.41, 5.74) is 5.28. The van der Waals surface area contributed by atoms with Crippen molar-refractivity contribution in [2.75, 3.05) is 0 Å². The number of hydrogen-bond acceptors (Lipinski definition) is 1. The van der Waals surface area contributed by atoms with Crippen LogP contribution in [0, 0.1) is 19.9 Å². The largest absolute Gasteiger partial charge is 0.386 e. The monoisotopic (exact) mass is 250 g/mol. The number of hydrogen-bond donors (Lipinski definition) is 0.